The number of nitrogens with zero attached hydrogens (tertiary/aromatic N) is 4. The van der Waals surface area contributed by atoms with E-state index in [4.69, 9.17) is 20.5 Å². The molecule has 1 aliphatic rings. The Labute approximate surface area is 253 Å². The van der Waals surface area contributed by atoms with Crippen LogP contribution in [0.2, 0.25) is 0 Å². The molecule has 0 aliphatic heterocycles. The van der Waals surface area contributed by atoms with Crippen molar-refractivity contribution in [3.8, 4) is 22.6 Å². The minimum atomic E-state index is -3.37. The van der Waals surface area contributed by atoms with Crippen LogP contribution in [-0.4, -0.2) is 33.7 Å². The second-order valence-corrected chi connectivity index (χ2v) is 13.2. The van der Waals surface area contributed by atoms with E-state index in [9.17, 15) is 9.00 Å². The first-order chi connectivity index (χ1) is 21.3. The number of allylic oxidation sites excluding steroid dienone is 1. The Hall–Kier alpha value is -5.07. The van der Waals surface area contributed by atoms with Gasteiger partial charge in [-0.05, 0) is 61.2 Å². The van der Waals surface area contributed by atoms with E-state index in [0.717, 1.165) is 27.5 Å². The third kappa shape index (κ3) is 4.68. The molecule has 0 bridgehead atoms. The van der Waals surface area contributed by atoms with Crippen molar-refractivity contribution in [2.75, 3.05) is 5.73 Å². The summed E-state index contributed by atoms with van der Waals surface area (Å²) in [5, 5.41) is 1.56. The van der Waals surface area contributed by atoms with E-state index in [2.05, 4.69) is 26.3 Å². The van der Waals surface area contributed by atoms with Crippen LogP contribution < -0.4 is 16.0 Å². The van der Waals surface area contributed by atoms with Gasteiger partial charge < -0.3 is 20.3 Å². The minimum Gasteiger partial charge on any atom is -0.399 e. The highest BCUT2D eigenvalue weighted by Gasteiger charge is 2.55. The van der Waals surface area contributed by atoms with Gasteiger partial charge in [-0.1, -0.05) is 18.2 Å². The highest BCUT2D eigenvalue weighted by molar-refractivity contribution is 7.91. The number of fused-ring (bicyclic) bond motifs is 2. The van der Waals surface area contributed by atoms with Crippen LogP contribution in [0, 0.1) is 4.78 Å². The number of rotatable bonds is 10. The summed E-state index contributed by atoms with van der Waals surface area (Å²) in [6.07, 6.45) is 10.5. The molecular formula is C32H31N9O2S. The van der Waals surface area contributed by atoms with Gasteiger partial charge in [0.15, 0.2) is 5.82 Å². The number of nitrogens with one attached hydrogen (secondary N) is 4. The summed E-state index contributed by atoms with van der Waals surface area (Å²) in [7, 11) is -3.37. The first-order valence-corrected chi connectivity index (χ1v) is 15.9. The fourth-order valence-electron chi connectivity index (χ4n) is 5.72. The molecule has 222 valence electrons. The van der Waals surface area contributed by atoms with Gasteiger partial charge in [0.1, 0.15) is 25.8 Å². The molecule has 5 heterocycles. The van der Waals surface area contributed by atoms with Crippen molar-refractivity contribution in [1.82, 2.24) is 34.2 Å². The Balaban J connectivity index is 1.40. The lowest BCUT2D eigenvalue weighted by atomic mass is 10.1. The van der Waals surface area contributed by atoms with E-state index in [1.165, 1.54) is 0 Å². The second-order valence-electron chi connectivity index (χ2n) is 11.1. The molecule has 11 nitrogen and oxygen atoms in total. The molecule has 5 aromatic heterocycles. The van der Waals surface area contributed by atoms with Crippen molar-refractivity contribution in [2.24, 2.45) is 0 Å². The number of aromatic amines is 2. The zero-order valence-electron chi connectivity index (χ0n) is 23.8. The van der Waals surface area contributed by atoms with Crippen LogP contribution in [0.1, 0.15) is 30.5 Å². The molecule has 0 unspecified atom stereocenters. The van der Waals surface area contributed by atoms with Crippen LogP contribution in [0.15, 0.2) is 90.8 Å². The van der Waals surface area contributed by atoms with Gasteiger partial charge in [-0.2, -0.15) is 0 Å². The van der Waals surface area contributed by atoms with Gasteiger partial charge in [-0.15, -0.1) is 6.58 Å². The highest BCUT2D eigenvalue weighted by atomic mass is 32.2. The van der Waals surface area contributed by atoms with Gasteiger partial charge >= 0.3 is 0 Å². The summed E-state index contributed by atoms with van der Waals surface area (Å²) in [5.74, 6) is 0.425. The fourth-order valence-corrected chi connectivity index (χ4v) is 7.45. The molecule has 44 heavy (non-hydrogen) atoms. The molecule has 7 rings (SSSR count). The minimum absolute atomic E-state index is 0.133. The predicted octanol–water partition coefficient (Wildman–Crippen LogP) is 5.23. The number of nitrogen functional groups attached to an aromatic ring is 1. The van der Waals surface area contributed by atoms with Crippen molar-refractivity contribution in [3.63, 3.8) is 0 Å². The summed E-state index contributed by atoms with van der Waals surface area (Å²) in [6.45, 7) is 4.49. The topological polar surface area (TPSA) is 171 Å². The molecule has 0 amide bonds. The number of hydrogen-bond donors (Lipinski definition) is 5. The molecule has 12 heteroatoms. The maximum atomic E-state index is 14.2. The quantitative estimate of drug-likeness (QED) is 0.106. The van der Waals surface area contributed by atoms with Gasteiger partial charge in [-0.3, -0.25) is 4.79 Å². The van der Waals surface area contributed by atoms with Crippen molar-refractivity contribution in [1.29, 1.82) is 4.78 Å². The molecule has 1 saturated carbocycles. The number of pyridine rings is 2. The predicted molar refractivity (Wildman–Crippen MR) is 173 cm³/mol. The van der Waals surface area contributed by atoms with E-state index in [-0.39, 0.29) is 12.1 Å². The number of aryl methyl sites for hydroxylation is 1. The lowest BCUT2D eigenvalue weighted by Gasteiger charge is -2.21. The van der Waals surface area contributed by atoms with Crippen LogP contribution in [0.25, 0.3) is 44.6 Å². The largest absolute Gasteiger partial charge is 0.399 e. The number of benzene rings is 1. The Morgan fingerprint density at radius 3 is 2.70 bits per heavy atom. The monoisotopic (exact) mass is 605 g/mol. The second kappa shape index (κ2) is 10.6. The number of aromatic nitrogens is 6. The summed E-state index contributed by atoms with van der Waals surface area (Å²) in [5.41, 5.74) is 11.0. The molecule has 1 fully saturated rings. The van der Waals surface area contributed by atoms with E-state index in [1.54, 1.807) is 35.2 Å². The zero-order valence-corrected chi connectivity index (χ0v) is 24.7. The Bertz CT molecular complexity index is 2230. The molecule has 1 aliphatic carbocycles. The lowest BCUT2D eigenvalue weighted by molar-refractivity contribution is 0.644. The van der Waals surface area contributed by atoms with Crippen LogP contribution in [0.5, 0.6) is 0 Å². The molecule has 0 radical (unpaired) electrons. The van der Waals surface area contributed by atoms with Gasteiger partial charge in [0.2, 0.25) is 0 Å². The maximum Gasteiger partial charge on any atom is 0.274 e. The van der Waals surface area contributed by atoms with Crippen molar-refractivity contribution in [3.05, 3.63) is 108 Å². The summed E-state index contributed by atoms with van der Waals surface area (Å²) >= 11 is 0. The smallest absolute Gasteiger partial charge is 0.274 e. The molecule has 0 spiro atoms. The number of hydrogen-bond acceptors (Lipinski definition) is 7. The Morgan fingerprint density at radius 2 is 1.91 bits per heavy atom. The van der Waals surface area contributed by atoms with E-state index >= 15 is 0 Å². The summed E-state index contributed by atoms with van der Waals surface area (Å²) in [4.78, 5) is 33.9. The zero-order chi connectivity index (χ0) is 30.5. The first kappa shape index (κ1) is 27.7. The summed E-state index contributed by atoms with van der Waals surface area (Å²) in [6, 6.07) is 14.8. The maximum absolute atomic E-state index is 14.2. The van der Waals surface area contributed by atoms with E-state index in [0.29, 0.717) is 59.9 Å². The van der Waals surface area contributed by atoms with E-state index in [1.807, 2.05) is 48.8 Å². The molecule has 0 saturated heterocycles. The third-order valence-corrected chi connectivity index (χ3v) is 10.5. The Morgan fingerprint density at radius 1 is 1.09 bits per heavy atom. The van der Waals surface area contributed by atoms with Gasteiger partial charge in [-0.25, -0.2) is 28.7 Å². The van der Waals surface area contributed by atoms with E-state index < -0.39 is 14.7 Å². The molecule has 1 atom stereocenters. The standard InChI is InChI=1S/C32H31N9O2S/c1-2-3-15-41-19-25(22-7-12-35-28(22)31(41)42)26-17-27(40-30(39-26)24-9-14-37-29-23(24)8-13-36-29)32(10-11-32)44(34,43)38-18-20-5-4-6-21(33)16-20/h2,4-9,12-14,16-17,19,35H,1,3,10-11,15,18,33H2,(H,36,37)(H2,34,38,43)/t44-/m1/s1. The van der Waals surface area contributed by atoms with Crippen LogP contribution >= 0.6 is 0 Å². The highest BCUT2D eigenvalue weighted by Crippen LogP contribution is 2.53. The summed E-state index contributed by atoms with van der Waals surface area (Å²) < 4.78 is 26.9. The van der Waals surface area contributed by atoms with Crippen molar-refractivity contribution >= 4 is 37.5 Å². The lowest BCUT2D eigenvalue weighted by Crippen LogP contribution is -2.33. The number of anilines is 1. The van der Waals surface area contributed by atoms with Gasteiger partial charge in [0.05, 0.1) is 11.4 Å². The number of nitrogens with two attached hydrogens (primary N) is 1. The van der Waals surface area contributed by atoms with Gasteiger partial charge in [0.25, 0.3) is 5.56 Å². The Kier molecular flexibility index (Phi) is 6.67. The molecule has 6 N–H and O–H groups in total. The van der Waals surface area contributed by atoms with Crippen LogP contribution in [0.3, 0.4) is 0 Å². The first-order valence-electron chi connectivity index (χ1n) is 14.3. The third-order valence-electron chi connectivity index (χ3n) is 8.23. The fraction of sp³-hybridized carbons (Fsp3) is 0.188. The molecule has 6 aromatic rings. The molecular weight excluding hydrogens is 574 g/mol. The van der Waals surface area contributed by atoms with Crippen molar-refractivity contribution < 1.29 is 4.21 Å². The normalized spacial score (nSPS) is 15.4. The van der Waals surface area contributed by atoms with Gasteiger partial charge in [0, 0.05) is 65.5 Å². The average molecular weight is 606 g/mol. The average Bonchev–Trinajstić information content (AvgIpc) is 3.46. The van der Waals surface area contributed by atoms with Crippen molar-refractivity contribution in [2.45, 2.75) is 37.1 Å². The SMILES string of the molecule is C=CCCn1cc(-c2cc(C3([S@](=N)(=O)NCc4cccc(N)c4)CC3)nc(-c3ccnc4[nH]ccc34)n2)c2cc[nH]c2c1=O. The van der Waals surface area contributed by atoms with Crippen LogP contribution in [-0.2, 0) is 27.8 Å². The van der Waals surface area contributed by atoms with Crippen LogP contribution in [0.4, 0.5) is 5.69 Å². The molecule has 1 aromatic carbocycles. The number of H-pyrrole nitrogens is 2.